The van der Waals surface area contributed by atoms with Crippen molar-refractivity contribution in [1.29, 1.82) is 0 Å². The van der Waals surface area contributed by atoms with Crippen molar-refractivity contribution in [3.05, 3.63) is 119 Å². The minimum atomic E-state index is -0.161. The zero-order chi connectivity index (χ0) is 30.2. The standard InChI is InChI=1S/C34H32N4O4/c1-21(39)35-29-13-5-25(6-14-29)33(26-7-15-30(16-8-26)36-22(2)40)34(27-9-17-31(18-10-27)37-23(3)41)28-11-19-32(20-12-28)38-24(4)42/h5-20H,1-4H3,(H,35,39)(H,36,40)(H,37,41)(H,38,42). The lowest BCUT2D eigenvalue weighted by Crippen LogP contribution is -2.07. The summed E-state index contributed by atoms with van der Waals surface area (Å²) >= 11 is 0. The Balaban J connectivity index is 1.97. The van der Waals surface area contributed by atoms with Gasteiger partial charge in [0.25, 0.3) is 0 Å². The van der Waals surface area contributed by atoms with Gasteiger partial charge in [-0.1, -0.05) is 48.5 Å². The number of carbonyl (C=O) groups is 4. The largest absolute Gasteiger partial charge is 0.326 e. The topological polar surface area (TPSA) is 116 Å². The molecule has 0 saturated heterocycles. The zero-order valence-corrected chi connectivity index (χ0v) is 23.9. The van der Waals surface area contributed by atoms with Gasteiger partial charge < -0.3 is 21.3 Å². The average molecular weight is 561 g/mol. The molecule has 0 saturated carbocycles. The third kappa shape index (κ3) is 7.79. The lowest BCUT2D eigenvalue weighted by molar-refractivity contribution is -0.115. The van der Waals surface area contributed by atoms with Crippen molar-refractivity contribution >= 4 is 57.5 Å². The van der Waals surface area contributed by atoms with Crippen LogP contribution in [-0.2, 0) is 19.2 Å². The van der Waals surface area contributed by atoms with Crippen LogP contribution in [0.1, 0.15) is 49.9 Å². The Bertz CT molecular complexity index is 1390. The molecule has 212 valence electrons. The lowest BCUT2D eigenvalue weighted by Gasteiger charge is -2.19. The van der Waals surface area contributed by atoms with Crippen LogP contribution < -0.4 is 21.3 Å². The predicted molar refractivity (Wildman–Crippen MR) is 168 cm³/mol. The Morgan fingerprint density at radius 1 is 0.333 bits per heavy atom. The number of hydrogen-bond donors (Lipinski definition) is 4. The number of anilines is 4. The summed E-state index contributed by atoms with van der Waals surface area (Å²) in [6.07, 6.45) is 0. The van der Waals surface area contributed by atoms with E-state index in [0.29, 0.717) is 22.7 Å². The Hall–Kier alpha value is -5.50. The number of rotatable bonds is 8. The van der Waals surface area contributed by atoms with Crippen molar-refractivity contribution in [1.82, 2.24) is 0 Å². The maximum Gasteiger partial charge on any atom is 0.221 e. The second-order valence-electron chi connectivity index (χ2n) is 9.78. The molecule has 4 aromatic carbocycles. The summed E-state index contributed by atoms with van der Waals surface area (Å²) < 4.78 is 0. The van der Waals surface area contributed by atoms with Crippen molar-refractivity contribution in [3.8, 4) is 0 Å². The number of hydrogen-bond acceptors (Lipinski definition) is 4. The van der Waals surface area contributed by atoms with E-state index < -0.39 is 0 Å². The molecule has 4 N–H and O–H groups in total. The van der Waals surface area contributed by atoms with Crippen molar-refractivity contribution in [2.24, 2.45) is 0 Å². The van der Waals surface area contributed by atoms with Gasteiger partial charge in [-0.3, -0.25) is 19.2 Å². The monoisotopic (exact) mass is 560 g/mol. The molecule has 0 aliphatic carbocycles. The van der Waals surface area contributed by atoms with Gasteiger partial charge >= 0.3 is 0 Å². The second-order valence-corrected chi connectivity index (χ2v) is 9.78. The van der Waals surface area contributed by atoms with Crippen LogP contribution in [0.2, 0.25) is 0 Å². The zero-order valence-electron chi connectivity index (χ0n) is 23.9. The van der Waals surface area contributed by atoms with Gasteiger partial charge in [0.1, 0.15) is 0 Å². The molecule has 42 heavy (non-hydrogen) atoms. The van der Waals surface area contributed by atoms with E-state index in [-0.39, 0.29) is 23.6 Å². The van der Waals surface area contributed by atoms with Gasteiger partial charge in [0.2, 0.25) is 23.6 Å². The fourth-order valence-electron chi connectivity index (χ4n) is 4.60. The van der Waals surface area contributed by atoms with Gasteiger partial charge in [0, 0.05) is 50.4 Å². The maximum absolute atomic E-state index is 11.6. The van der Waals surface area contributed by atoms with E-state index in [1.807, 2.05) is 97.1 Å². The van der Waals surface area contributed by atoms with Gasteiger partial charge in [-0.15, -0.1) is 0 Å². The molecule has 0 radical (unpaired) electrons. The van der Waals surface area contributed by atoms with E-state index in [4.69, 9.17) is 0 Å². The average Bonchev–Trinajstić information content (AvgIpc) is 2.93. The molecule has 4 aromatic rings. The third-order valence-electron chi connectivity index (χ3n) is 6.23. The smallest absolute Gasteiger partial charge is 0.221 e. The van der Waals surface area contributed by atoms with E-state index >= 15 is 0 Å². The fraction of sp³-hybridized carbons (Fsp3) is 0.118. The first kappa shape index (κ1) is 29.5. The molecule has 0 fully saturated rings. The first-order chi connectivity index (χ1) is 20.1. The van der Waals surface area contributed by atoms with Gasteiger partial charge in [-0.25, -0.2) is 0 Å². The summed E-state index contributed by atoms with van der Waals surface area (Å²) in [5, 5.41) is 11.2. The molecule has 4 amide bonds. The third-order valence-corrected chi connectivity index (χ3v) is 6.23. The van der Waals surface area contributed by atoms with E-state index in [1.165, 1.54) is 27.7 Å². The molecule has 0 aliphatic rings. The molecule has 0 aromatic heterocycles. The molecule has 0 aliphatic heterocycles. The minimum Gasteiger partial charge on any atom is -0.326 e. The van der Waals surface area contributed by atoms with E-state index in [0.717, 1.165) is 33.4 Å². The minimum absolute atomic E-state index is 0.161. The number of nitrogens with one attached hydrogen (secondary N) is 4. The maximum atomic E-state index is 11.6. The summed E-state index contributed by atoms with van der Waals surface area (Å²) in [5.74, 6) is -0.643. The van der Waals surface area contributed by atoms with Gasteiger partial charge in [-0.05, 0) is 81.9 Å². The van der Waals surface area contributed by atoms with Crippen LogP contribution in [0, 0.1) is 0 Å². The highest BCUT2D eigenvalue weighted by molar-refractivity contribution is 6.05. The van der Waals surface area contributed by atoms with Crippen LogP contribution in [0.25, 0.3) is 11.1 Å². The highest BCUT2D eigenvalue weighted by atomic mass is 16.2. The lowest BCUT2D eigenvalue weighted by atomic mass is 9.85. The van der Waals surface area contributed by atoms with Crippen molar-refractivity contribution in [3.63, 3.8) is 0 Å². The molecule has 0 unspecified atom stereocenters. The highest BCUT2D eigenvalue weighted by Gasteiger charge is 2.17. The van der Waals surface area contributed by atoms with Crippen LogP contribution in [-0.4, -0.2) is 23.6 Å². The number of benzene rings is 4. The van der Waals surface area contributed by atoms with E-state index in [2.05, 4.69) is 21.3 Å². The van der Waals surface area contributed by atoms with Gasteiger partial charge in [0.05, 0.1) is 0 Å². The Morgan fingerprint density at radius 2 is 0.500 bits per heavy atom. The first-order valence-electron chi connectivity index (χ1n) is 13.4. The van der Waals surface area contributed by atoms with Crippen molar-refractivity contribution in [2.75, 3.05) is 21.3 Å². The van der Waals surface area contributed by atoms with Gasteiger partial charge in [-0.2, -0.15) is 0 Å². The SMILES string of the molecule is CC(=O)Nc1ccc(C(=C(c2ccc(NC(C)=O)cc2)c2ccc(NC(C)=O)cc2)c2ccc(NC(C)=O)cc2)cc1. The summed E-state index contributed by atoms with van der Waals surface area (Å²) in [7, 11) is 0. The normalized spacial score (nSPS) is 10.3. The van der Waals surface area contributed by atoms with E-state index in [9.17, 15) is 19.2 Å². The molecule has 0 spiro atoms. The van der Waals surface area contributed by atoms with Crippen molar-refractivity contribution in [2.45, 2.75) is 27.7 Å². The highest BCUT2D eigenvalue weighted by Crippen LogP contribution is 2.38. The fourth-order valence-corrected chi connectivity index (χ4v) is 4.60. The predicted octanol–water partition coefficient (Wildman–Crippen LogP) is 6.53. The quantitative estimate of drug-likeness (QED) is 0.183. The summed E-state index contributed by atoms with van der Waals surface area (Å²) in [6.45, 7) is 5.85. The molecular weight excluding hydrogens is 528 g/mol. The van der Waals surface area contributed by atoms with Crippen molar-refractivity contribution < 1.29 is 19.2 Å². The molecule has 8 nitrogen and oxygen atoms in total. The molecule has 0 bridgehead atoms. The van der Waals surface area contributed by atoms with Gasteiger partial charge in [0.15, 0.2) is 0 Å². The molecule has 0 atom stereocenters. The molecule has 4 rings (SSSR count). The molecule has 8 heteroatoms. The van der Waals surface area contributed by atoms with Crippen LogP contribution in [0.4, 0.5) is 22.7 Å². The van der Waals surface area contributed by atoms with Crippen LogP contribution >= 0.6 is 0 Å². The molecule has 0 heterocycles. The summed E-state index contributed by atoms with van der Waals surface area (Å²) in [4.78, 5) is 46.5. The van der Waals surface area contributed by atoms with Crippen LogP contribution in [0.3, 0.4) is 0 Å². The Morgan fingerprint density at radius 3 is 0.643 bits per heavy atom. The Kier molecular flexibility index (Phi) is 9.29. The van der Waals surface area contributed by atoms with E-state index in [1.54, 1.807) is 0 Å². The molecular formula is C34H32N4O4. The number of carbonyl (C=O) groups excluding carboxylic acids is 4. The first-order valence-corrected chi connectivity index (χ1v) is 13.4. The van der Waals surface area contributed by atoms with Crippen LogP contribution in [0.5, 0.6) is 0 Å². The summed E-state index contributed by atoms with van der Waals surface area (Å²) in [6, 6.07) is 30.3. The number of amides is 4. The Labute approximate surface area is 244 Å². The second kappa shape index (κ2) is 13.2. The van der Waals surface area contributed by atoms with Crippen LogP contribution in [0.15, 0.2) is 97.1 Å². The summed E-state index contributed by atoms with van der Waals surface area (Å²) in [5.41, 5.74) is 8.06.